The number of carbonyl (C=O) groups excluding carboxylic acids is 1. The average Bonchev–Trinajstić information content (AvgIpc) is 3.15. The number of aromatic nitrogens is 4. The van der Waals surface area contributed by atoms with E-state index >= 15 is 0 Å². The number of benzene rings is 2. The maximum Gasteiger partial charge on any atom is 0.265 e. The fraction of sp³-hybridized carbons (Fsp3) is 0.143. The van der Waals surface area contributed by atoms with E-state index < -0.39 is 6.04 Å². The van der Waals surface area contributed by atoms with Gasteiger partial charge in [0.25, 0.3) is 5.56 Å². The van der Waals surface area contributed by atoms with Crippen molar-refractivity contribution in [1.82, 2.24) is 19.3 Å². The van der Waals surface area contributed by atoms with Crippen LogP contribution in [0.1, 0.15) is 18.5 Å². The summed E-state index contributed by atoms with van der Waals surface area (Å²) in [7, 11) is 0. The third-order valence-electron chi connectivity index (χ3n) is 4.70. The van der Waals surface area contributed by atoms with Gasteiger partial charge in [-0.3, -0.25) is 14.2 Å². The molecule has 7 nitrogen and oxygen atoms in total. The Morgan fingerprint density at radius 2 is 1.79 bits per heavy atom. The molecule has 0 fully saturated rings. The Bertz CT molecular complexity index is 1240. The van der Waals surface area contributed by atoms with Gasteiger partial charge in [0.2, 0.25) is 5.91 Å². The lowest BCUT2D eigenvalue weighted by Crippen LogP contribution is -2.31. The number of halogens is 1. The van der Waals surface area contributed by atoms with E-state index in [1.54, 1.807) is 31.2 Å². The zero-order chi connectivity index (χ0) is 20.5. The first-order chi connectivity index (χ1) is 13.9. The second kappa shape index (κ2) is 7.31. The summed E-state index contributed by atoms with van der Waals surface area (Å²) in [6.45, 7) is 3.59. The van der Waals surface area contributed by atoms with Crippen molar-refractivity contribution in [2.24, 2.45) is 0 Å². The Kier molecular flexibility index (Phi) is 4.67. The highest BCUT2D eigenvalue weighted by atomic mass is 19.1. The van der Waals surface area contributed by atoms with Crippen LogP contribution in [0.15, 0.2) is 65.8 Å². The van der Waals surface area contributed by atoms with Crippen LogP contribution < -0.4 is 10.9 Å². The summed E-state index contributed by atoms with van der Waals surface area (Å²) < 4.78 is 15.9. The molecule has 0 spiro atoms. The van der Waals surface area contributed by atoms with Crippen LogP contribution >= 0.6 is 0 Å². The minimum Gasteiger partial charge on any atom is -0.324 e. The van der Waals surface area contributed by atoms with E-state index in [1.165, 1.54) is 33.9 Å². The minimum absolute atomic E-state index is 0.270. The van der Waals surface area contributed by atoms with Gasteiger partial charge >= 0.3 is 0 Å². The second-order valence-electron chi connectivity index (χ2n) is 6.76. The van der Waals surface area contributed by atoms with Crippen molar-refractivity contribution in [2.75, 3.05) is 5.32 Å². The second-order valence-corrected chi connectivity index (χ2v) is 6.76. The number of nitrogens with one attached hydrogen (secondary N) is 1. The Balaban J connectivity index is 1.65. The van der Waals surface area contributed by atoms with Crippen LogP contribution in [-0.2, 0) is 4.79 Å². The van der Waals surface area contributed by atoms with Gasteiger partial charge in [-0.2, -0.15) is 5.10 Å². The van der Waals surface area contributed by atoms with Gasteiger partial charge in [0.1, 0.15) is 23.6 Å². The number of hydrogen-bond donors (Lipinski definition) is 1. The molecule has 0 saturated heterocycles. The topological polar surface area (TPSA) is 81.8 Å². The molecule has 1 N–H and O–H groups in total. The van der Waals surface area contributed by atoms with Gasteiger partial charge in [0.15, 0.2) is 5.65 Å². The van der Waals surface area contributed by atoms with Crippen molar-refractivity contribution < 1.29 is 9.18 Å². The van der Waals surface area contributed by atoms with Crippen LogP contribution in [0.4, 0.5) is 10.1 Å². The van der Waals surface area contributed by atoms with E-state index in [0.717, 1.165) is 5.56 Å². The quantitative estimate of drug-likeness (QED) is 0.579. The molecular weight excluding hydrogens is 373 g/mol. The summed E-state index contributed by atoms with van der Waals surface area (Å²) in [5.74, 6) is -0.697. The number of anilines is 1. The molecule has 2 aromatic carbocycles. The van der Waals surface area contributed by atoms with E-state index in [4.69, 9.17) is 0 Å². The van der Waals surface area contributed by atoms with E-state index in [2.05, 4.69) is 15.4 Å². The molecule has 0 bridgehead atoms. The summed E-state index contributed by atoms with van der Waals surface area (Å²) in [6, 6.07) is 12.3. The van der Waals surface area contributed by atoms with Crippen molar-refractivity contribution >= 4 is 22.6 Å². The molecule has 0 unspecified atom stereocenters. The molecule has 0 aliphatic heterocycles. The summed E-state index contributed by atoms with van der Waals surface area (Å²) >= 11 is 0. The predicted molar refractivity (Wildman–Crippen MR) is 108 cm³/mol. The van der Waals surface area contributed by atoms with Gasteiger partial charge in [-0.05, 0) is 50.2 Å². The van der Waals surface area contributed by atoms with Crippen molar-refractivity contribution in [3.8, 4) is 5.69 Å². The van der Waals surface area contributed by atoms with Gasteiger partial charge < -0.3 is 5.32 Å². The Hall–Kier alpha value is -3.81. The lowest BCUT2D eigenvalue weighted by Gasteiger charge is -2.15. The average molecular weight is 391 g/mol. The highest BCUT2D eigenvalue weighted by Crippen LogP contribution is 2.16. The van der Waals surface area contributed by atoms with Gasteiger partial charge in [0, 0.05) is 5.69 Å². The molecule has 1 atom stereocenters. The van der Waals surface area contributed by atoms with Crippen molar-refractivity contribution in [1.29, 1.82) is 0 Å². The van der Waals surface area contributed by atoms with E-state index in [1.807, 2.05) is 19.1 Å². The molecule has 1 amide bonds. The normalized spacial score (nSPS) is 12.1. The molecule has 0 radical (unpaired) electrons. The van der Waals surface area contributed by atoms with E-state index in [0.29, 0.717) is 17.0 Å². The van der Waals surface area contributed by atoms with E-state index in [9.17, 15) is 14.0 Å². The van der Waals surface area contributed by atoms with Crippen LogP contribution in [-0.4, -0.2) is 25.2 Å². The number of hydrogen-bond acceptors (Lipinski definition) is 4. The van der Waals surface area contributed by atoms with Crippen LogP contribution in [0.5, 0.6) is 0 Å². The third-order valence-corrected chi connectivity index (χ3v) is 4.70. The summed E-state index contributed by atoms with van der Waals surface area (Å²) in [5.41, 5.74) is 2.27. The molecule has 29 heavy (non-hydrogen) atoms. The molecule has 0 aliphatic carbocycles. The Morgan fingerprint density at radius 1 is 1.10 bits per heavy atom. The zero-order valence-corrected chi connectivity index (χ0v) is 15.8. The van der Waals surface area contributed by atoms with Crippen molar-refractivity contribution in [3.05, 3.63) is 82.8 Å². The number of nitrogens with zero attached hydrogens (tertiary/aromatic N) is 4. The number of amides is 1. The molecule has 4 rings (SSSR count). The number of carbonyl (C=O) groups is 1. The summed E-state index contributed by atoms with van der Waals surface area (Å²) in [6.07, 6.45) is 2.72. The Morgan fingerprint density at radius 3 is 2.48 bits per heavy atom. The van der Waals surface area contributed by atoms with E-state index in [-0.39, 0.29) is 22.7 Å². The minimum atomic E-state index is -0.769. The zero-order valence-electron chi connectivity index (χ0n) is 15.8. The fourth-order valence-corrected chi connectivity index (χ4v) is 2.98. The lowest BCUT2D eigenvalue weighted by atomic mass is 10.2. The van der Waals surface area contributed by atoms with Crippen LogP contribution in [0.25, 0.3) is 16.7 Å². The molecule has 2 heterocycles. The molecule has 0 saturated carbocycles. The maximum atomic E-state index is 13.2. The van der Waals surface area contributed by atoms with Gasteiger partial charge in [0.05, 0.1) is 11.9 Å². The molecule has 0 aliphatic rings. The highest BCUT2D eigenvalue weighted by molar-refractivity contribution is 5.93. The maximum absolute atomic E-state index is 13.2. The Labute approximate surface area is 165 Å². The monoisotopic (exact) mass is 391 g/mol. The lowest BCUT2D eigenvalue weighted by molar-refractivity contribution is -0.118. The van der Waals surface area contributed by atoms with Crippen LogP contribution in [0.2, 0.25) is 0 Å². The first-order valence-electron chi connectivity index (χ1n) is 9.02. The number of aryl methyl sites for hydroxylation is 1. The van der Waals surface area contributed by atoms with Crippen LogP contribution in [0.3, 0.4) is 0 Å². The van der Waals surface area contributed by atoms with Gasteiger partial charge in [-0.15, -0.1) is 0 Å². The summed E-state index contributed by atoms with van der Waals surface area (Å²) in [4.78, 5) is 29.8. The molecule has 146 valence electrons. The van der Waals surface area contributed by atoms with Crippen molar-refractivity contribution in [2.45, 2.75) is 19.9 Å². The molecular formula is C21H18FN5O2. The largest absolute Gasteiger partial charge is 0.324 e. The number of fused-ring (bicyclic) bond motifs is 1. The highest BCUT2D eigenvalue weighted by Gasteiger charge is 2.19. The smallest absolute Gasteiger partial charge is 0.265 e. The molecule has 4 aromatic rings. The van der Waals surface area contributed by atoms with Gasteiger partial charge in [-0.25, -0.2) is 14.1 Å². The van der Waals surface area contributed by atoms with Gasteiger partial charge in [-0.1, -0.05) is 17.7 Å². The standard InChI is InChI=1S/C21H18FN5O2/c1-13-3-7-16(8-4-13)25-20(28)14(2)26-12-23-19-18(21(26)29)11-24-27(19)17-9-5-15(22)6-10-17/h3-12,14H,1-2H3,(H,25,28)/t14-/m0/s1. The summed E-state index contributed by atoms with van der Waals surface area (Å²) in [5, 5.41) is 7.26. The molecule has 2 aromatic heterocycles. The number of rotatable bonds is 4. The van der Waals surface area contributed by atoms with Crippen LogP contribution in [0, 0.1) is 12.7 Å². The fourth-order valence-electron chi connectivity index (χ4n) is 2.98. The van der Waals surface area contributed by atoms with Crippen molar-refractivity contribution in [3.63, 3.8) is 0 Å². The first-order valence-corrected chi connectivity index (χ1v) is 9.02. The first kappa shape index (κ1) is 18.5. The SMILES string of the molecule is Cc1ccc(NC(=O)[C@H](C)n2cnc3c(cnn3-c3ccc(F)cc3)c2=O)cc1. The third kappa shape index (κ3) is 3.52. The predicted octanol–water partition coefficient (Wildman–Crippen LogP) is 3.23. The molecule has 8 heteroatoms.